The van der Waals surface area contributed by atoms with Gasteiger partial charge in [0.05, 0.1) is 5.71 Å². The largest absolute Gasteiger partial charge is 0.271 e. The van der Waals surface area contributed by atoms with Gasteiger partial charge >= 0.3 is 0 Å². The second-order valence-electron chi connectivity index (χ2n) is 6.56. The van der Waals surface area contributed by atoms with Crippen LogP contribution in [0, 0.1) is 19.7 Å². The van der Waals surface area contributed by atoms with Gasteiger partial charge < -0.3 is 0 Å². The summed E-state index contributed by atoms with van der Waals surface area (Å²) in [5.41, 5.74) is 7.35. The van der Waals surface area contributed by atoms with Crippen LogP contribution < -0.4 is 5.43 Å². The fourth-order valence-electron chi connectivity index (χ4n) is 2.61. The minimum absolute atomic E-state index is 0.302. The fraction of sp³-hybridized carbons (Fsp3) is 0.182. The number of rotatable bonds is 6. The second-order valence-corrected chi connectivity index (χ2v) is 7.51. The normalized spacial score (nSPS) is 11.4. The summed E-state index contributed by atoms with van der Waals surface area (Å²) >= 11 is 1.56. The van der Waals surface area contributed by atoms with E-state index in [4.69, 9.17) is 0 Å². The van der Waals surface area contributed by atoms with E-state index >= 15 is 0 Å². The number of aryl methyl sites for hydroxylation is 2. The van der Waals surface area contributed by atoms with Crippen LogP contribution in [0.15, 0.2) is 64.9 Å². The summed E-state index contributed by atoms with van der Waals surface area (Å²) in [6, 6.07) is 15.2. The van der Waals surface area contributed by atoms with E-state index in [1.54, 1.807) is 43.0 Å². The van der Waals surface area contributed by atoms with Crippen LogP contribution in [0.25, 0.3) is 0 Å². The van der Waals surface area contributed by atoms with E-state index < -0.39 is 0 Å². The quantitative estimate of drug-likeness (QED) is 0.278. The van der Waals surface area contributed by atoms with E-state index in [0.29, 0.717) is 17.0 Å². The molecule has 3 aromatic rings. The van der Waals surface area contributed by atoms with Crippen LogP contribution in [-0.4, -0.2) is 21.6 Å². The van der Waals surface area contributed by atoms with Crippen molar-refractivity contribution in [1.29, 1.82) is 0 Å². The van der Waals surface area contributed by atoms with E-state index in [-0.39, 0.29) is 11.7 Å². The number of nitrogens with zero attached hydrogens (tertiary/aromatic N) is 3. The van der Waals surface area contributed by atoms with Gasteiger partial charge in [-0.2, -0.15) is 5.10 Å². The fourth-order valence-corrected chi connectivity index (χ4v) is 3.52. The highest BCUT2D eigenvalue weighted by Gasteiger charge is 2.07. The lowest BCUT2D eigenvalue weighted by atomic mass is 10.1. The van der Waals surface area contributed by atoms with Gasteiger partial charge in [0.25, 0.3) is 5.91 Å². The molecule has 5 nitrogen and oxygen atoms in total. The Morgan fingerprint density at radius 1 is 1.00 bits per heavy atom. The van der Waals surface area contributed by atoms with Gasteiger partial charge in [0, 0.05) is 22.7 Å². The number of carbonyl (C=O) groups excluding carboxylic acids is 1. The Balaban J connectivity index is 1.58. The van der Waals surface area contributed by atoms with Crippen molar-refractivity contribution >= 4 is 23.4 Å². The van der Waals surface area contributed by atoms with E-state index in [0.717, 1.165) is 27.7 Å². The molecule has 1 amide bonds. The average molecular weight is 409 g/mol. The third-order valence-electron chi connectivity index (χ3n) is 4.13. The summed E-state index contributed by atoms with van der Waals surface area (Å²) < 4.78 is 13.0. The highest BCUT2D eigenvalue weighted by Crippen LogP contribution is 2.20. The third-order valence-corrected chi connectivity index (χ3v) is 5.05. The number of hydrazone groups is 1. The molecule has 0 fully saturated rings. The van der Waals surface area contributed by atoms with Crippen LogP contribution in [0.4, 0.5) is 4.39 Å². The van der Waals surface area contributed by atoms with Crippen molar-refractivity contribution in [3.8, 4) is 0 Å². The zero-order valence-corrected chi connectivity index (χ0v) is 17.3. The molecule has 0 bridgehead atoms. The van der Waals surface area contributed by atoms with Gasteiger partial charge in [0.2, 0.25) is 0 Å². The summed E-state index contributed by atoms with van der Waals surface area (Å²) in [5.74, 6) is 0.100. The zero-order chi connectivity index (χ0) is 20.8. The van der Waals surface area contributed by atoms with Crippen molar-refractivity contribution < 1.29 is 9.18 Å². The number of amides is 1. The molecule has 0 aliphatic rings. The summed E-state index contributed by atoms with van der Waals surface area (Å²) in [7, 11) is 0. The molecular formula is C22H21FN4OS. The molecule has 148 valence electrons. The Morgan fingerprint density at radius 3 is 2.21 bits per heavy atom. The molecule has 3 rings (SSSR count). The standard InChI is InChI=1S/C22H21FN4OS/c1-14-12-15(2)25-22(24-14)29-13-17-4-6-19(7-5-17)21(28)27-26-16(3)18-8-10-20(23)11-9-18/h4-12H,13H2,1-3H3,(H,27,28)/b26-16-. The SMILES string of the molecule is C/C(=N/NC(=O)c1ccc(CSc2nc(C)cc(C)n2)cc1)c1ccc(F)cc1. The van der Waals surface area contributed by atoms with Crippen LogP contribution in [-0.2, 0) is 5.75 Å². The average Bonchev–Trinajstić information content (AvgIpc) is 2.70. The molecule has 7 heteroatoms. The maximum atomic E-state index is 13.0. The van der Waals surface area contributed by atoms with Crippen molar-refractivity contribution in [2.75, 3.05) is 0 Å². The predicted octanol–water partition coefficient (Wildman–Crippen LogP) is 4.68. The molecular weight excluding hydrogens is 387 g/mol. The van der Waals surface area contributed by atoms with Crippen LogP contribution >= 0.6 is 11.8 Å². The molecule has 1 N–H and O–H groups in total. The van der Waals surface area contributed by atoms with Gasteiger partial charge in [-0.3, -0.25) is 4.79 Å². The van der Waals surface area contributed by atoms with E-state index in [1.165, 1.54) is 12.1 Å². The van der Waals surface area contributed by atoms with Crippen molar-refractivity contribution in [2.45, 2.75) is 31.7 Å². The maximum absolute atomic E-state index is 13.0. The number of carbonyl (C=O) groups is 1. The Bertz CT molecular complexity index is 1010. The maximum Gasteiger partial charge on any atom is 0.271 e. The number of halogens is 1. The summed E-state index contributed by atoms with van der Waals surface area (Å²) in [6.45, 7) is 5.65. The monoisotopic (exact) mass is 408 g/mol. The van der Waals surface area contributed by atoms with Crippen molar-refractivity contribution in [3.05, 3.63) is 88.5 Å². The summed E-state index contributed by atoms with van der Waals surface area (Å²) in [5, 5.41) is 4.83. The topological polar surface area (TPSA) is 67.2 Å². The first-order valence-electron chi connectivity index (χ1n) is 9.05. The number of hydrogen-bond acceptors (Lipinski definition) is 5. The molecule has 0 saturated carbocycles. The number of nitrogens with one attached hydrogen (secondary N) is 1. The first kappa shape index (κ1) is 20.7. The van der Waals surface area contributed by atoms with Gasteiger partial charge in [-0.1, -0.05) is 36.0 Å². The Kier molecular flexibility index (Phi) is 6.72. The third kappa shape index (κ3) is 5.96. The van der Waals surface area contributed by atoms with Gasteiger partial charge in [-0.05, 0) is 62.2 Å². The summed E-state index contributed by atoms with van der Waals surface area (Å²) in [6.07, 6.45) is 0. The van der Waals surface area contributed by atoms with E-state index in [2.05, 4.69) is 20.5 Å². The smallest absolute Gasteiger partial charge is 0.267 e. The number of aromatic nitrogens is 2. The Hall–Kier alpha value is -3.06. The lowest BCUT2D eigenvalue weighted by molar-refractivity contribution is 0.0955. The molecule has 1 aromatic heterocycles. The van der Waals surface area contributed by atoms with Gasteiger partial charge in [0.1, 0.15) is 5.82 Å². The molecule has 0 unspecified atom stereocenters. The molecule has 2 aromatic carbocycles. The molecule has 0 spiro atoms. The number of hydrogen-bond donors (Lipinski definition) is 1. The first-order valence-corrected chi connectivity index (χ1v) is 10.0. The van der Waals surface area contributed by atoms with E-state index in [1.807, 2.05) is 32.0 Å². The van der Waals surface area contributed by atoms with E-state index in [9.17, 15) is 9.18 Å². The first-order chi connectivity index (χ1) is 13.9. The van der Waals surface area contributed by atoms with Gasteiger partial charge in [-0.25, -0.2) is 19.8 Å². The van der Waals surface area contributed by atoms with Crippen LogP contribution in [0.3, 0.4) is 0 Å². The zero-order valence-electron chi connectivity index (χ0n) is 16.4. The molecule has 0 atom stereocenters. The van der Waals surface area contributed by atoms with Crippen LogP contribution in [0.5, 0.6) is 0 Å². The lowest BCUT2D eigenvalue weighted by Crippen LogP contribution is -2.19. The molecule has 1 heterocycles. The minimum atomic E-state index is -0.312. The van der Waals surface area contributed by atoms with Gasteiger partial charge in [0.15, 0.2) is 5.16 Å². The molecule has 0 aliphatic carbocycles. The molecule has 0 radical (unpaired) electrons. The van der Waals surface area contributed by atoms with Crippen LogP contribution in [0.2, 0.25) is 0 Å². The second kappa shape index (κ2) is 9.43. The predicted molar refractivity (Wildman–Crippen MR) is 114 cm³/mol. The Labute approximate surface area is 173 Å². The minimum Gasteiger partial charge on any atom is -0.267 e. The molecule has 0 saturated heterocycles. The highest BCUT2D eigenvalue weighted by atomic mass is 32.2. The van der Waals surface area contributed by atoms with Crippen LogP contribution in [0.1, 0.15) is 39.8 Å². The van der Waals surface area contributed by atoms with Crippen molar-refractivity contribution in [3.63, 3.8) is 0 Å². The summed E-state index contributed by atoms with van der Waals surface area (Å²) in [4.78, 5) is 21.1. The number of benzene rings is 2. The van der Waals surface area contributed by atoms with Gasteiger partial charge in [-0.15, -0.1) is 0 Å². The van der Waals surface area contributed by atoms with Crippen molar-refractivity contribution in [2.24, 2.45) is 5.10 Å². The lowest BCUT2D eigenvalue weighted by Gasteiger charge is -2.05. The number of thioether (sulfide) groups is 1. The Morgan fingerprint density at radius 2 is 1.59 bits per heavy atom. The molecule has 29 heavy (non-hydrogen) atoms. The molecule has 0 aliphatic heterocycles. The highest BCUT2D eigenvalue weighted by molar-refractivity contribution is 7.98. The van der Waals surface area contributed by atoms with Crippen molar-refractivity contribution in [1.82, 2.24) is 15.4 Å².